The number of halogens is 1. The van der Waals surface area contributed by atoms with Gasteiger partial charge >= 0.3 is 0 Å². The van der Waals surface area contributed by atoms with Crippen LogP contribution in [0.25, 0.3) is 11.4 Å². The van der Waals surface area contributed by atoms with Crippen molar-refractivity contribution in [3.63, 3.8) is 0 Å². The Hall–Kier alpha value is -0.740. The van der Waals surface area contributed by atoms with Crippen molar-refractivity contribution in [2.24, 2.45) is 0 Å². The Labute approximate surface area is 102 Å². The molecule has 0 bridgehead atoms. The second kappa shape index (κ2) is 4.41. The number of nitrogens with zero attached hydrogens (tertiary/aromatic N) is 2. The molecule has 0 aliphatic heterocycles. The quantitative estimate of drug-likeness (QED) is 0.829. The third kappa shape index (κ3) is 2.44. The Balaban J connectivity index is 2.31. The summed E-state index contributed by atoms with van der Waals surface area (Å²) >= 11 is 4.68. The molecule has 2 aromatic rings. The van der Waals surface area contributed by atoms with Gasteiger partial charge < -0.3 is 0 Å². The SMILES string of the molecule is CC(C)c1ccc(-c2nsc(Br)n2)cc1. The van der Waals surface area contributed by atoms with Crippen LogP contribution in [0.4, 0.5) is 0 Å². The minimum Gasteiger partial charge on any atom is -0.208 e. The van der Waals surface area contributed by atoms with Crippen molar-refractivity contribution in [3.05, 3.63) is 33.7 Å². The average molecular weight is 283 g/mol. The van der Waals surface area contributed by atoms with Crippen LogP contribution in [0.3, 0.4) is 0 Å². The lowest BCUT2D eigenvalue weighted by atomic mass is 10.0. The van der Waals surface area contributed by atoms with E-state index in [-0.39, 0.29) is 0 Å². The van der Waals surface area contributed by atoms with Gasteiger partial charge in [0.1, 0.15) is 0 Å². The molecule has 1 heterocycles. The van der Waals surface area contributed by atoms with E-state index in [1.165, 1.54) is 17.1 Å². The highest BCUT2D eigenvalue weighted by molar-refractivity contribution is 9.11. The van der Waals surface area contributed by atoms with Gasteiger partial charge in [-0.15, -0.1) is 0 Å². The van der Waals surface area contributed by atoms with Crippen molar-refractivity contribution >= 4 is 27.5 Å². The van der Waals surface area contributed by atoms with E-state index in [2.05, 4.69) is 63.4 Å². The zero-order chi connectivity index (χ0) is 10.8. The summed E-state index contributed by atoms with van der Waals surface area (Å²) in [6.45, 7) is 4.37. The molecule has 2 rings (SSSR count). The summed E-state index contributed by atoms with van der Waals surface area (Å²) in [5, 5.41) is 0. The fourth-order valence-electron chi connectivity index (χ4n) is 1.34. The molecule has 0 radical (unpaired) electrons. The van der Waals surface area contributed by atoms with E-state index in [1.807, 2.05) is 0 Å². The molecule has 0 spiro atoms. The summed E-state index contributed by atoms with van der Waals surface area (Å²) < 4.78 is 5.07. The van der Waals surface area contributed by atoms with E-state index < -0.39 is 0 Å². The zero-order valence-corrected chi connectivity index (χ0v) is 11.0. The van der Waals surface area contributed by atoms with Crippen LogP contribution in [0.1, 0.15) is 25.3 Å². The maximum absolute atomic E-state index is 4.28. The van der Waals surface area contributed by atoms with Gasteiger partial charge in [0, 0.05) is 5.56 Å². The van der Waals surface area contributed by atoms with Gasteiger partial charge in [-0.25, -0.2) is 4.98 Å². The second-order valence-corrected chi connectivity index (χ2v) is 5.68. The Kier molecular flexibility index (Phi) is 3.17. The lowest BCUT2D eigenvalue weighted by Gasteiger charge is -2.04. The van der Waals surface area contributed by atoms with Crippen molar-refractivity contribution in [2.75, 3.05) is 0 Å². The molecule has 2 nitrogen and oxygen atoms in total. The van der Waals surface area contributed by atoms with E-state index in [9.17, 15) is 0 Å². The lowest BCUT2D eigenvalue weighted by molar-refractivity contribution is 0.867. The first-order valence-corrected chi connectivity index (χ1v) is 6.33. The molecule has 0 saturated carbocycles. The van der Waals surface area contributed by atoms with Crippen LogP contribution in [-0.4, -0.2) is 9.36 Å². The molecule has 0 atom stereocenters. The molecule has 0 aliphatic carbocycles. The molecule has 0 aliphatic rings. The fourth-order valence-corrected chi connectivity index (χ4v) is 2.16. The predicted octanol–water partition coefficient (Wildman–Crippen LogP) is 4.09. The Morgan fingerprint density at radius 2 is 1.87 bits per heavy atom. The monoisotopic (exact) mass is 282 g/mol. The van der Waals surface area contributed by atoms with Crippen LogP contribution >= 0.6 is 27.5 Å². The van der Waals surface area contributed by atoms with E-state index in [1.54, 1.807) is 0 Å². The predicted molar refractivity (Wildman–Crippen MR) is 67.1 cm³/mol. The highest BCUT2D eigenvalue weighted by atomic mass is 79.9. The molecule has 1 aromatic carbocycles. The van der Waals surface area contributed by atoms with Gasteiger partial charge in [0.2, 0.25) is 0 Å². The van der Waals surface area contributed by atoms with Crippen LogP contribution in [0.2, 0.25) is 0 Å². The van der Waals surface area contributed by atoms with Gasteiger partial charge in [0.15, 0.2) is 9.74 Å². The van der Waals surface area contributed by atoms with E-state index >= 15 is 0 Å². The second-order valence-electron chi connectivity index (χ2n) is 3.65. The summed E-state index contributed by atoms with van der Waals surface area (Å²) in [6.07, 6.45) is 0. The molecule has 0 saturated heterocycles. The Morgan fingerprint density at radius 1 is 1.20 bits per heavy atom. The maximum atomic E-state index is 4.28. The lowest BCUT2D eigenvalue weighted by Crippen LogP contribution is -1.87. The molecule has 1 aromatic heterocycles. The van der Waals surface area contributed by atoms with Crippen LogP contribution in [0.15, 0.2) is 28.2 Å². The highest BCUT2D eigenvalue weighted by Crippen LogP contribution is 2.23. The molecule has 0 amide bonds. The van der Waals surface area contributed by atoms with Crippen LogP contribution < -0.4 is 0 Å². The third-order valence-electron chi connectivity index (χ3n) is 2.24. The molecular weight excluding hydrogens is 272 g/mol. The standard InChI is InChI=1S/C11H11BrN2S/c1-7(2)8-3-5-9(6-4-8)10-13-11(12)15-14-10/h3-7H,1-2H3. The zero-order valence-electron chi connectivity index (χ0n) is 8.57. The van der Waals surface area contributed by atoms with E-state index in [0.29, 0.717) is 5.92 Å². The molecular formula is C11H11BrN2S. The van der Waals surface area contributed by atoms with Gasteiger partial charge in [-0.1, -0.05) is 38.1 Å². The minimum atomic E-state index is 0.564. The van der Waals surface area contributed by atoms with Gasteiger partial charge in [-0.05, 0) is 38.9 Å². The molecule has 0 unspecified atom stereocenters. The van der Waals surface area contributed by atoms with Gasteiger partial charge in [0.25, 0.3) is 0 Å². The van der Waals surface area contributed by atoms with E-state index in [4.69, 9.17) is 0 Å². The van der Waals surface area contributed by atoms with Crippen LogP contribution in [0.5, 0.6) is 0 Å². The Bertz CT molecular complexity index is 448. The third-order valence-corrected chi connectivity index (χ3v) is 3.35. The smallest absolute Gasteiger partial charge is 0.179 e. The highest BCUT2D eigenvalue weighted by Gasteiger charge is 2.05. The average Bonchev–Trinajstić information content (AvgIpc) is 2.65. The van der Waals surface area contributed by atoms with Crippen molar-refractivity contribution < 1.29 is 0 Å². The van der Waals surface area contributed by atoms with Crippen LogP contribution in [0, 0.1) is 0 Å². The summed E-state index contributed by atoms with van der Waals surface area (Å²) in [4.78, 5) is 4.28. The minimum absolute atomic E-state index is 0.564. The fraction of sp³-hybridized carbons (Fsp3) is 0.273. The largest absolute Gasteiger partial charge is 0.208 e. The van der Waals surface area contributed by atoms with Gasteiger partial charge in [0.05, 0.1) is 0 Å². The van der Waals surface area contributed by atoms with E-state index in [0.717, 1.165) is 15.3 Å². The topological polar surface area (TPSA) is 25.8 Å². The summed E-state index contributed by atoms with van der Waals surface area (Å²) in [7, 11) is 0. The summed E-state index contributed by atoms with van der Waals surface area (Å²) in [5.41, 5.74) is 2.41. The molecule has 78 valence electrons. The first-order valence-electron chi connectivity index (χ1n) is 4.76. The first-order chi connectivity index (χ1) is 7.16. The summed E-state index contributed by atoms with van der Waals surface area (Å²) in [5.74, 6) is 1.36. The first kappa shape index (κ1) is 10.8. The summed E-state index contributed by atoms with van der Waals surface area (Å²) in [6, 6.07) is 8.41. The molecule has 0 fully saturated rings. The van der Waals surface area contributed by atoms with Crippen molar-refractivity contribution in [1.29, 1.82) is 0 Å². The number of hydrogen-bond acceptors (Lipinski definition) is 3. The molecule has 4 heteroatoms. The van der Waals surface area contributed by atoms with Crippen molar-refractivity contribution in [3.8, 4) is 11.4 Å². The van der Waals surface area contributed by atoms with Crippen molar-refractivity contribution in [1.82, 2.24) is 9.36 Å². The number of hydrogen-bond donors (Lipinski definition) is 0. The normalized spacial score (nSPS) is 10.9. The Morgan fingerprint density at radius 3 is 2.33 bits per heavy atom. The van der Waals surface area contributed by atoms with Gasteiger partial charge in [-0.2, -0.15) is 4.37 Å². The number of rotatable bonds is 2. The van der Waals surface area contributed by atoms with Crippen LogP contribution in [-0.2, 0) is 0 Å². The maximum Gasteiger partial charge on any atom is 0.179 e. The molecule has 15 heavy (non-hydrogen) atoms. The number of benzene rings is 1. The van der Waals surface area contributed by atoms with Crippen molar-refractivity contribution in [2.45, 2.75) is 19.8 Å². The molecule has 0 N–H and O–H groups in total. The number of aromatic nitrogens is 2. The van der Waals surface area contributed by atoms with Gasteiger partial charge in [-0.3, -0.25) is 0 Å².